The molecule has 9 heteroatoms. The van der Waals surface area contributed by atoms with Gasteiger partial charge in [0, 0.05) is 11.4 Å². The number of sulfonamides is 1. The minimum absolute atomic E-state index is 0.164. The Morgan fingerprint density at radius 3 is 2.58 bits per heavy atom. The van der Waals surface area contributed by atoms with Gasteiger partial charge in [-0.05, 0) is 61.0 Å². The number of furan rings is 1. The summed E-state index contributed by atoms with van der Waals surface area (Å²) in [5, 5.41) is 0. The first kappa shape index (κ1) is 21.0. The molecule has 0 saturated heterocycles. The van der Waals surface area contributed by atoms with Crippen LogP contribution < -0.4 is 20.1 Å². The number of hydrogen-bond acceptors (Lipinski definition) is 7. The maximum absolute atomic E-state index is 12.7. The summed E-state index contributed by atoms with van der Waals surface area (Å²) in [5.74, 6) is 1.15. The average Bonchev–Trinajstić information content (AvgIpc) is 3.25. The molecule has 1 aliphatic heterocycles. The van der Waals surface area contributed by atoms with Crippen molar-refractivity contribution in [2.24, 2.45) is 10.7 Å². The Morgan fingerprint density at radius 1 is 1.13 bits per heavy atom. The second-order valence-corrected chi connectivity index (χ2v) is 8.79. The molecule has 162 valence electrons. The zero-order chi connectivity index (χ0) is 21.8. The first-order valence-electron chi connectivity index (χ1n) is 9.99. The topological polar surface area (TPSA) is 110 Å². The summed E-state index contributed by atoms with van der Waals surface area (Å²) >= 11 is 0. The number of rotatable bonds is 8. The summed E-state index contributed by atoms with van der Waals surface area (Å²) in [7, 11) is -3.72. The van der Waals surface area contributed by atoms with Crippen molar-refractivity contribution < 1.29 is 17.6 Å². The van der Waals surface area contributed by atoms with E-state index in [2.05, 4.69) is 16.6 Å². The summed E-state index contributed by atoms with van der Waals surface area (Å²) in [6, 6.07) is 15.1. The third-order valence-corrected chi connectivity index (χ3v) is 6.31. The van der Waals surface area contributed by atoms with Gasteiger partial charge in [0.05, 0.1) is 23.3 Å². The molecule has 0 spiro atoms. The minimum Gasteiger partial charge on any atom is -0.494 e. The number of benzene rings is 2. The van der Waals surface area contributed by atoms with Crippen molar-refractivity contribution in [1.82, 2.24) is 0 Å². The second-order valence-electron chi connectivity index (χ2n) is 7.10. The van der Waals surface area contributed by atoms with E-state index in [1.165, 1.54) is 12.1 Å². The molecule has 3 aromatic rings. The number of nitrogens with two attached hydrogens (primary N) is 1. The molecule has 4 rings (SSSR count). The average molecular weight is 441 g/mol. The molecule has 0 saturated carbocycles. The highest BCUT2D eigenvalue weighted by molar-refractivity contribution is 7.92. The molecular weight excluding hydrogens is 416 g/mol. The van der Waals surface area contributed by atoms with E-state index in [9.17, 15) is 8.42 Å². The van der Waals surface area contributed by atoms with Gasteiger partial charge in [-0.15, -0.1) is 0 Å². The van der Waals surface area contributed by atoms with Crippen LogP contribution in [-0.4, -0.2) is 21.4 Å². The monoisotopic (exact) mass is 440 g/mol. The molecule has 2 heterocycles. The lowest BCUT2D eigenvalue weighted by Crippen LogP contribution is -2.35. The van der Waals surface area contributed by atoms with Gasteiger partial charge < -0.3 is 19.8 Å². The Balaban J connectivity index is 1.44. The molecule has 0 fully saturated rings. The molecule has 1 atom stereocenters. The molecule has 8 nitrogen and oxygen atoms in total. The van der Waals surface area contributed by atoms with Crippen LogP contribution in [0.4, 0.5) is 17.3 Å². The number of anilines is 2. The number of hydrogen-bond donors (Lipinski definition) is 2. The molecule has 0 amide bonds. The summed E-state index contributed by atoms with van der Waals surface area (Å²) in [6.07, 6.45) is 4.70. The van der Waals surface area contributed by atoms with E-state index in [1.54, 1.807) is 60.0 Å². The number of fused-ring (bicyclic) bond motifs is 1. The van der Waals surface area contributed by atoms with E-state index >= 15 is 0 Å². The number of aliphatic imine (C=N–C) groups is 1. The van der Waals surface area contributed by atoms with Gasteiger partial charge in [-0.25, -0.2) is 13.4 Å². The molecule has 1 unspecified atom stereocenters. The van der Waals surface area contributed by atoms with E-state index in [-0.39, 0.29) is 4.90 Å². The van der Waals surface area contributed by atoms with Gasteiger partial charge in [-0.3, -0.25) is 4.72 Å². The van der Waals surface area contributed by atoms with Crippen LogP contribution in [0, 0.1) is 0 Å². The van der Waals surface area contributed by atoms with E-state index in [0.29, 0.717) is 23.9 Å². The highest BCUT2D eigenvalue weighted by atomic mass is 32.2. The highest BCUT2D eigenvalue weighted by Crippen LogP contribution is 2.34. The molecular formula is C22H24N4O4S. The van der Waals surface area contributed by atoms with Crippen molar-refractivity contribution in [2.75, 3.05) is 16.2 Å². The van der Waals surface area contributed by atoms with E-state index < -0.39 is 16.2 Å². The van der Waals surface area contributed by atoms with Gasteiger partial charge in [0.25, 0.3) is 10.0 Å². The van der Waals surface area contributed by atoms with Crippen LogP contribution in [0.3, 0.4) is 0 Å². The third-order valence-electron chi connectivity index (χ3n) is 4.91. The van der Waals surface area contributed by atoms with Gasteiger partial charge in [0.15, 0.2) is 0 Å². The third kappa shape index (κ3) is 4.57. The second kappa shape index (κ2) is 8.83. The smallest absolute Gasteiger partial charge is 0.261 e. The van der Waals surface area contributed by atoms with Crippen LogP contribution in [0.25, 0.3) is 0 Å². The Kier molecular flexibility index (Phi) is 5.97. The predicted octanol–water partition coefficient (Wildman–Crippen LogP) is 4.40. The SMILES string of the molecule is CCCCOc1ccc(S(=O)(=O)Nc2ccc(N3C=Nc4occc4C3N)cc2)cc1. The van der Waals surface area contributed by atoms with Gasteiger partial charge in [-0.2, -0.15) is 0 Å². The number of ether oxygens (including phenoxy) is 1. The first-order chi connectivity index (χ1) is 15.0. The molecule has 0 bridgehead atoms. The lowest BCUT2D eigenvalue weighted by atomic mass is 10.2. The summed E-state index contributed by atoms with van der Waals surface area (Å²) in [5.41, 5.74) is 8.29. The summed E-state index contributed by atoms with van der Waals surface area (Å²) in [6.45, 7) is 2.70. The van der Waals surface area contributed by atoms with Gasteiger partial charge in [0.2, 0.25) is 5.88 Å². The Labute approximate surface area is 181 Å². The summed E-state index contributed by atoms with van der Waals surface area (Å²) < 4.78 is 38.9. The largest absolute Gasteiger partial charge is 0.494 e. The van der Waals surface area contributed by atoms with E-state index in [4.69, 9.17) is 14.9 Å². The van der Waals surface area contributed by atoms with Gasteiger partial charge >= 0.3 is 0 Å². The number of unbranched alkanes of at least 4 members (excludes halogenated alkanes) is 1. The Hall–Kier alpha value is -3.30. The molecule has 2 aromatic carbocycles. The minimum atomic E-state index is -3.72. The quantitative estimate of drug-likeness (QED) is 0.503. The fraction of sp³-hybridized carbons (Fsp3) is 0.227. The maximum atomic E-state index is 12.7. The van der Waals surface area contributed by atoms with Crippen molar-refractivity contribution in [3.63, 3.8) is 0 Å². The van der Waals surface area contributed by atoms with Crippen LogP contribution in [0.1, 0.15) is 31.5 Å². The molecule has 1 aliphatic rings. The number of nitrogens with zero attached hydrogens (tertiary/aromatic N) is 2. The normalized spacial score (nSPS) is 15.5. The fourth-order valence-electron chi connectivity index (χ4n) is 3.17. The van der Waals surface area contributed by atoms with Crippen LogP contribution in [0.15, 0.2) is 75.2 Å². The zero-order valence-corrected chi connectivity index (χ0v) is 17.9. The van der Waals surface area contributed by atoms with E-state index in [0.717, 1.165) is 24.1 Å². The molecule has 0 aliphatic carbocycles. The van der Waals surface area contributed by atoms with Crippen molar-refractivity contribution in [2.45, 2.75) is 30.8 Å². The number of nitrogens with one attached hydrogen (secondary N) is 1. The van der Waals surface area contributed by atoms with Crippen LogP contribution in [0.5, 0.6) is 5.75 Å². The molecule has 3 N–H and O–H groups in total. The first-order valence-corrected chi connectivity index (χ1v) is 11.5. The lowest BCUT2D eigenvalue weighted by Gasteiger charge is -2.29. The van der Waals surface area contributed by atoms with Gasteiger partial charge in [0.1, 0.15) is 18.3 Å². The predicted molar refractivity (Wildman–Crippen MR) is 120 cm³/mol. The van der Waals surface area contributed by atoms with Crippen molar-refractivity contribution >= 4 is 33.6 Å². The summed E-state index contributed by atoms with van der Waals surface area (Å²) in [4.78, 5) is 6.19. The van der Waals surface area contributed by atoms with Crippen molar-refractivity contribution in [3.05, 3.63) is 66.4 Å². The molecule has 31 heavy (non-hydrogen) atoms. The van der Waals surface area contributed by atoms with Gasteiger partial charge in [-0.1, -0.05) is 13.3 Å². The standard InChI is InChI=1S/C22H24N4O4S/c1-2-3-13-29-18-8-10-19(11-9-18)31(27,28)25-16-4-6-17(7-5-16)26-15-24-22-20(21(26)23)12-14-30-22/h4-12,14-15,21,25H,2-3,13,23H2,1H3. The van der Waals surface area contributed by atoms with Crippen LogP contribution in [0.2, 0.25) is 0 Å². The van der Waals surface area contributed by atoms with E-state index in [1.807, 2.05) is 0 Å². The lowest BCUT2D eigenvalue weighted by molar-refractivity contribution is 0.309. The fourth-order valence-corrected chi connectivity index (χ4v) is 4.23. The Morgan fingerprint density at radius 2 is 1.87 bits per heavy atom. The van der Waals surface area contributed by atoms with Crippen LogP contribution >= 0.6 is 0 Å². The van der Waals surface area contributed by atoms with Crippen LogP contribution in [-0.2, 0) is 10.0 Å². The zero-order valence-electron chi connectivity index (χ0n) is 17.1. The highest BCUT2D eigenvalue weighted by Gasteiger charge is 2.24. The molecule has 1 aromatic heterocycles. The van der Waals surface area contributed by atoms with Crippen molar-refractivity contribution in [3.8, 4) is 5.75 Å². The maximum Gasteiger partial charge on any atom is 0.261 e. The van der Waals surface area contributed by atoms with Crippen molar-refractivity contribution in [1.29, 1.82) is 0 Å². The molecule has 0 radical (unpaired) electrons. The Bertz CT molecular complexity index is 1150.